The Bertz CT molecular complexity index is 1070. The topological polar surface area (TPSA) is 89.6 Å². The van der Waals surface area contributed by atoms with Crippen LogP contribution in [0.15, 0.2) is 30.3 Å². The minimum absolute atomic E-state index is 0.0191. The SMILES string of the molecule is CCOc1cc(C(=O)Nc2ccc3c(c2)N(CCN2CCCCC2)C(=O)CO3)cc(OCC)c1OCC. The number of ether oxygens (including phenoxy) is 4. The van der Waals surface area contributed by atoms with Gasteiger partial charge in [0.25, 0.3) is 11.8 Å². The van der Waals surface area contributed by atoms with Crippen molar-refractivity contribution in [2.75, 3.05) is 62.8 Å². The molecule has 0 bridgehead atoms. The lowest BCUT2D eigenvalue weighted by Crippen LogP contribution is -2.44. The first-order chi connectivity index (χ1) is 18.0. The average molecular weight is 512 g/mol. The van der Waals surface area contributed by atoms with Crippen LogP contribution < -0.4 is 29.2 Å². The van der Waals surface area contributed by atoms with Crippen LogP contribution in [0.3, 0.4) is 0 Å². The highest BCUT2D eigenvalue weighted by molar-refractivity contribution is 6.06. The Morgan fingerprint density at radius 2 is 1.59 bits per heavy atom. The van der Waals surface area contributed by atoms with Crippen LogP contribution in [0.1, 0.15) is 50.4 Å². The number of amides is 2. The molecule has 1 saturated heterocycles. The predicted octanol–water partition coefficient (Wildman–Crippen LogP) is 4.35. The number of fused-ring (bicyclic) bond motifs is 1. The number of carbonyl (C=O) groups excluding carboxylic acids is 2. The van der Waals surface area contributed by atoms with E-state index in [9.17, 15) is 9.59 Å². The van der Waals surface area contributed by atoms with Gasteiger partial charge in [-0.2, -0.15) is 0 Å². The smallest absolute Gasteiger partial charge is 0.265 e. The molecular formula is C28H37N3O6. The van der Waals surface area contributed by atoms with Crippen LogP contribution in [0.5, 0.6) is 23.0 Å². The zero-order chi connectivity index (χ0) is 26.2. The van der Waals surface area contributed by atoms with E-state index < -0.39 is 0 Å². The molecule has 1 fully saturated rings. The van der Waals surface area contributed by atoms with E-state index in [1.807, 2.05) is 20.8 Å². The van der Waals surface area contributed by atoms with Crippen molar-refractivity contribution in [3.05, 3.63) is 35.9 Å². The van der Waals surface area contributed by atoms with E-state index in [1.165, 1.54) is 19.3 Å². The van der Waals surface area contributed by atoms with Gasteiger partial charge in [0, 0.05) is 24.3 Å². The number of nitrogens with one attached hydrogen (secondary N) is 1. The zero-order valence-electron chi connectivity index (χ0n) is 22.0. The summed E-state index contributed by atoms with van der Waals surface area (Å²) in [7, 11) is 0. The molecule has 2 aromatic carbocycles. The van der Waals surface area contributed by atoms with Gasteiger partial charge in [0.15, 0.2) is 18.1 Å². The van der Waals surface area contributed by atoms with Gasteiger partial charge in [-0.15, -0.1) is 0 Å². The molecule has 2 amide bonds. The molecule has 0 atom stereocenters. The molecule has 0 unspecified atom stereocenters. The largest absolute Gasteiger partial charge is 0.490 e. The third-order valence-corrected chi connectivity index (χ3v) is 6.42. The summed E-state index contributed by atoms with van der Waals surface area (Å²) in [5.74, 6) is 1.61. The highest BCUT2D eigenvalue weighted by Gasteiger charge is 2.27. The molecule has 2 aliphatic rings. The fourth-order valence-corrected chi connectivity index (χ4v) is 4.67. The van der Waals surface area contributed by atoms with Crippen molar-refractivity contribution in [2.45, 2.75) is 40.0 Å². The normalized spacial score (nSPS) is 15.5. The van der Waals surface area contributed by atoms with Crippen LogP contribution in [0, 0.1) is 0 Å². The summed E-state index contributed by atoms with van der Waals surface area (Å²) >= 11 is 0. The van der Waals surface area contributed by atoms with Gasteiger partial charge < -0.3 is 34.1 Å². The molecule has 2 heterocycles. The molecular weight excluding hydrogens is 474 g/mol. The zero-order valence-corrected chi connectivity index (χ0v) is 22.0. The number of carbonyl (C=O) groups is 2. The van der Waals surface area contributed by atoms with Gasteiger partial charge in [0.05, 0.1) is 25.5 Å². The molecule has 0 saturated carbocycles. The highest BCUT2D eigenvalue weighted by atomic mass is 16.5. The molecule has 4 rings (SSSR count). The predicted molar refractivity (Wildman–Crippen MR) is 142 cm³/mol. The summed E-state index contributed by atoms with van der Waals surface area (Å²) in [4.78, 5) is 30.1. The van der Waals surface area contributed by atoms with Crippen molar-refractivity contribution in [3.63, 3.8) is 0 Å². The first-order valence-corrected chi connectivity index (χ1v) is 13.2. The molecule has 0 radical (unpaired) electrons. The number of likely N-dealkylation sites (tertiary alicyclic amines) is 1. The minimum atomic E-state index is -0.326. The summed E-state index contributed by atoms with van der Waals surface area (Å²) in [5.41, 5.74) is 1.61. The van der Waals surface area contributed by atoms with Crippen LogP contribution in [0.4, 0.5) is 11.4 Å². The Kier molecular flexibility index (Phi) is 9.11. The lowest BCUT2D eigenvalue weighted by atomic mass is 10.1. The number of benzene rings is 2. The third-order valence-electron chi connectivity index (χ3n) is 6.42. The standard InChI is InChI=1S/C28H37N3O6/c1-4-34-24-16-20(17-25(35-5-2)27(24)36-6-3)28(33)29-21-10-11-23-22(18-21)31(26(32)19-37-23)15-14-30-12-8-7-9-13-30/h10-11,16-18H,4-9,12-15,19H2,1-3H3,(H,29,33). The number of rotatable bonds is 11. The van der Waals surface area contributed by atoms with Crippen molar-refractivity contribution < 1.29 is 28.5 Å². The summed E-state index contributed by atoms with van der Waals surface area (Å²) in [6, 6.07) is 8.67. The van der Waals surface area contributed by atoms with Gasteiger partial charge in [0.1, 0.15) is 5.75 Å². The summed E-state index contributed by atoms with van der Waals surface area (Å²) in [5, 5.41) is 2.94. The van der Waals surface area contributed by atoms with E-state index in [4.69, 9.17) is 18.9 Å². The van der Waals surface area contributed by atoms with Crippen LogP contribution in [-0.2, 0) is 4.79 Å². The number of hydrogen-bond donors (Lipinski definition) is 1. The Hall–Kier alpha value is -3.46. The molecule has 1 N–H and O–H groups in total. The number of hydrogen-bond acceptors (Lipinski definition) is 7. The Balaban J connectivity index is 1.54. The first kappa shape index (κ1) is 26.6. The molecule has 2 aliphatic heterocycles. The van der Waals surface area contributed by atoms with Crippen LogP contribution in [-0.4, -0.2) is 69.3 Å². The maximum Gasteiger partial charge on any atom is 0.265 e. The van der Waals surface area contributed by atoms with Crippen LogP contribution >= 0.6 is 0 Å². The third kappa shape index (κ3) is 6.46. The van der Waals surface area contributed by atoms with E-state index in [0.29, 0.717) is 66.3 Å². The van der Waals surface area contributed by atoms with E-state index in [1.54, 1.807) is 35.2 Å². The van der Waals surface area contributed by atoms with Crippen LogP contribution in [0.2, 0.25) is 0 Å². The molecule has 9 nitrogen and oxygen atoms in total. The highest BCUT2D eigenvalue weighted by Crippen LogP contribution is 2.40. The van der Waals surface area contributed by atoms with Gasteiger partial charge in [-0.25, -0.2) is 0 Å². The monoisotopic (exact) mass is 511 g/mol. The minimum Gasteiger partial charge on any atom is -0.490 e. The second kappa shape index (κ2) is 12.7. The van der Waals surface area contributed by atoms with Crippen LogP contribution in [0.25, 0.3) is 0 Å². The average Bonchev–Trinajstić information content (AvgIpc) is 2.90. The Morgan fingerprint density at radius 1 is 0.919 bits per heavy atom. The van der Waals surface area contributed by atoms with E-state index in [2.05, 4.69) is 10.2 Å². The quantitative estimate of drug-likeness (QED) is 0.480. The lowest BCUT2D eigenvalue weighted by molar-refractivity contribution is -0.121. The molecule has 0 aliphatic carbocycles. The van der Waals surface area contributed by atoms with Crippen molar-refractivity contribution >= 4 is 23.2 Å². The fourth-order valence-electron chi connectivity index (χ4n) is 4.67. The number of nitrogens with zero attached hydrogens (tertiary/aromatic N) is 2. The van der Waals surface area contributed by atoms with Gasteiger partial charge in [-0.1, -0.05) is 6.42 Å². The van der Waals surface area contributed by atoms with Gasteiger partial charge in [-0.05, 0) is 77.0 Å². The van der Waals surface area contributed by atoms with Gasteiger partial charge in [0.2, 0.25) is 5.75 Å². The fraction of sp³-hybridized carbons (Fsp3) is 0.500. The van der Waals surface area contributed by atoms with Gasteiger partial charge in [-0.3, -0.25) is 9.59 Å². The second-order valence-electron chi connectivity index (χ2n) is 8.97. The second-order valence-corrected chi connectivity index (χ2v) is 8.97. The molecule has 200 valence electrons. The lowest BCUT2D eigenvalue weighted by Gasteiger charge is -2.33. The number of piperidine rings is 1. The maximum absolute atomic E-state index is 13.3. The van der Waals surface area contributed by atoms with E-state index in [-0.39, 0.29) is 18.4 Å². The summed E-state index contributed by atoms with van der Waals surface area (Å²) in [6.45, 7) is 10.5. The van der Waals surface area contributed by atoms with Crippen molar-refractivity contribution in [1.29, 1.82) is 0 Å². The van der Waals surface area contributed by atoms with E-state index in [0.717, 1.165) is 19.6 Å². The van der Waals surface area contributed by atoms with E-state index >= 15 is 0 Å². The van der Waals surface area contributed by atoms with Gasteiger partial charge >= 0.3 is 0 Å². The Labute approximate surface area is 218 Å². The number of anilines is 2. The van der Waals surface area contributed by atoms with Crippen molar-refractivity contribution in [3.8, 4) is 23.0 Å². The summed E-state index contributed by atoms with van der Waals surface area (Å²) < 4.78 is 22.9. The molecule has 9 heteroatoms. The first-order valence-electron chi connectivity index (χ1n) is 13.2. The van der Waals surface area contributed by atoms with Crippen molar-refractivity contribution in [1.82, 2.24) is 4.90 Å². The molecule has 0 aromatic heterocycles. The molecule has 2 aromatic rings. The molecule has 0 spiro atoms. The maximum atomic E-state index is 13.3. The Morgan fingerprint density at radius 3 is 2.24 bits per heavy atom. The molecule has 37 heavy (non-hydrogen) atoms. The van der Waals surface area contributed by atoms with Crippen molar-refractivity contribution in [2.24, 2.45) is 0 Å². The summed E-state index contributed by atoms with van der Waals surface area (Å²) in [6.07, 6.45) is 3.67.